The standard InChI is InChI=1S/C3H4N2S.BrH/c6-3-4-1-2-5-3;/h1-2H,(H2,4,5,6);1H. The molecule has 0 aromatic carbocycles. The molecular formula is C3H5BrN2S. The van der Waals surface area contributed by atoms with Crippen molar-refractivity contribution >= 4 is 29.2 Å². The fourth-order valence-electron chi connectivity index (χ4n) is 0.276. The number of H-pyrrole nitrogens is 2. The summed E-state index contributed by atoms with van der Waals surface area (Å²) in [4.78, 5) is 5.52. The van der Waals surface area contributed by atoms with Crippen molar-refractivity contribution in [2.75, 3.05) is 0 Å². The molecule has 0 saturated heterocycles. The summed E-state index contributed by atoms with van der Waals surface area (Å²) in [6.07, 6.45) is 3.50. The highest BCUT2D eigenvalue weighted by molar-refractivity contribution is 8.93. The van der Waals surface area contributed by atoms with Gasteiger partial charge in [0, 0.05) is 12.4 Å². The molecule has 1 heterocycles. The Balaban J connectivity index is 0.000000360. The summed E-state index contributed by atoms with van der Waals surface area (Å²) in [6.45, 7) is 0. The van der Waals surface area contributed by atoms with E-state index in [1.165, 1.54) is 0 Å². The summed E-state index contributed by atoms with van der Waals surface area (Å²) in [5.74, 6) is 0. The zero-order chi connectivity index (χ0) is 4.41. The minimum atomic E-state index is 0. The van der Waals surface area contributed by atoms with Gasteiger partial charge in [-0.2, -0.15) is 0 Å². The van der Waals surface area contributed by atoms with Crippen LogP contribution in [0.4, 0.5) is 0 Å². The molecule has 0 saturated carbocycles. The van der Waals surface area contributed by atoms with E-state index in [0.717, 1.165) is 0 Å². The van der Waals surface area contributed by atoms with Gasteiger partial charge in [0.2, 0.25) is 0 Å². The molecular weight excluding hydrogens is 176 g/mol. The van der Waals surface area contributed by atoms with E-state index in [-0.39, 0.29) is 17.0 Å². The van der Waals surface area contributed by atoms with Gasteiger partial charge in [0.25, 0.3) is 0 Å². The van der Waals surface area contributed by atoms with Gasteiger partial charge in [0.1, 0.15) is 0 Å². The Bertz CT molecular complexity index is 151. The second kappa shape index (κ2) is 2.98. The molecule has 1 aromatic heterocycles. The summed E-state index contributed by atoms with van der Waals surface area (Å²) in [5, 5.41) is 0. The predicted molar refractivity (Wildman–Crippen MR) is 36.3 cm³/mol. The van der Waals surface area contributed by atoms with E-state index in [2.05, 4.69) is 22.2 Å². The quantitative estimate of drug-likeness (QED) is 0.586. The Hall–Kier alpha value is -0.0900. The number of rotatable bonds is 0. The van der Waals surface area contributed by atoms with E-state index < -0.39 is 0 Å². The van der Waals surface area contributed by atoms with Gasteiger partial charge in [0.15, 0.2) is 4.77 Å². The monoisotopic (exact) mass is 180 g/mol. The Kier molecular flexibility index (Phi) is 2.95. The second-order valence-electron chi connectivity index (χ2n) is 0.951. The molecule has 1 aromatic rings. The summed E-state index contributed by atoms with van der Waals surface area (Å²) >= 11 is 4.63. The van der Waals surface area contributed by atoms with Crippen LogP contribution in [-0.4, -0.2) is 9.97 Å². The van der Waals surface area contributed by atoms with Gasteiger partial charge in [-0.1, -0.05) is 0 Å². The van der Waals surface area contributed by atoms with E-state index in [1.54, 1.807) is 12.4 Å². The maximum absolute atomic E-state index is 4.63. The molecule has 2 N–H and O–H groups in total. The molecule has 0 amide bonds. The Morgan fingerprint density at radius 2 is 1.71 bits per heavy atom. The zero-order valence-corrected chi connectivity index (χ0v) is 6.00. The number of imidazole rings is 1. The van der Waals surface area contributed by atoms with Gasteiger partial charge in [-0.15, -0.1) is 17.0 Å². The van der Waals surface area contributed by atoms with E-state index in [1.807, 2.05) is 0 Å². The summed E-state index contributed by atoms with van der Waals surface area (Å²) in [6, 6.07) is 0. The van der Waals surface area contributed by atoms with Gasteiger partial charge in [-0.3, -0.25) is 0 Å². The molecule has 40 valence electrons. The van der Waals surface area contributed by atoms with Crippen molar-refractivity contribution in [3.63, 3.8) is 0 Å². The molecule has 1 rings (SSSR count). The zero-order valence-electron chi connectivity index (χ0n) is 3.47. The van der Waals surface area contributed by atoms with Crippen molar-refractivity contribution in [3.8, 4) is 0 Å². The van der Waals surface area contributed by atoms with E-state index >= 15 is 0 Å². The third kappa shape index (κ3) is 1.89. The normalized spacial score (nSPS) is 7.43. The van der Waals surface area contributed by atoms with E-state index in [4.69, 9.17) is 0 Å². The second-order valence-corrected chi connectivity index (χ2v) is 1.36. The first-order chi connectivity index (χ1) is 2.89. The maximum atomic E-state index is 4.63. The molecule has 0 unspecified atom stereocenters. The summed E-state index contributed by atoms with van der Waals surface area (Å²) < 4.78 is 0.676. The third-order valence-corrected chi connectivity index (χ3v) is 0.748. The minimum Gasteiger partial charge on any atom is -0.338 e. The number of hydrogen-bond acceptors (Lipinski definition) is 1. The average molecular weight is 181 g/mol. The van der Waals surface area contributed by atoms with Crippen LogP contribution >= 0.6 is 29.2 Å². The lowest BCUT2D eigenvalue weighted by molar-refractivity contribution is 1.27. The fourth-order valence-corrected chi connectivity index (χ4v) is 0.412. The van der Waals surface area contributed by atoms with Gasteiger partial charge >= 0.3 is 0 Å². The van der Waals surface area contributed by atoms with Crippen molar-refractivity contribution in [3.05, 3.63) is 17.2 Å². The lowest BCUT2D eigenvalue weighted by Gasteiger charge is -1.56. The smallest absolute Gasteiger partial charge is 0.174 e. The van der Waals surface area contributed by atoms with Gasteiger partial charge in [0.05, 0.1) is 0 Å². The first kappa shape index (κ1) is 6.91. The number of hydrogen-bond donors (Lipinski definition) is 2. The highest BCUT2D eigenvalue weighted by atomic mass is 79.9. The van der Waals surface area contributed by atoms with E-state index in [9.17, 15) is 0 Å². The highest BCUT2D eigenvalue weighted by Gasteiger charge is 1.64. The molecule has 0 fully saturated rings. The largest absolute Gasteiger partial charge is 0.338 e. The van der Waals surface area contributed by atoms with Crippen LogP contribution in [-0.2, 0) is 0 Å². The first-order valence-electron chi connectivity index (χ1n) is 1.61. The highest BCUT2D eigenvalue weighted by Crippen LogP contribution is 1.72. The number of halogens is 1. The molecule has 0 aliphatic heterocycles. The van der Waals surface area contributed by atoms with Crippen LogP contribution in [0.15, 0.2) is 12.4 Å². The molecule has 0 radical (unpaired) electrons. The van der Waals surface area contributed by atoms with Crippen LogP contribution in [0.2, 0.25) is 0 Å². The Morgan fingerprint density at radius 3 is 1.86 bits per heavy atom. The average Bonchev–Trinajstić information content (AvgIpc) is 1.86. The SMILES string of the molecule is Br.S=c1[nH]cc[nH]1. The van der Waals surface area contributed by atoms with Crippen LogP contribution in [0, 0.1) is 4.77 Å². The lowest BCUT2D eigenvalue weighted by atomic mass is 11.0. The Morgan fingerprint density at radius 1 is 1.29 bits per heavy atom. The van der Waals surface area contributed by atoms with Gasteiger partial charge in [-0.25, -0.2) is 0 Å². The van der Waals surface area contributed by atoms with Crippen LogP contribution in [0.1, 0.15) is 0 Å². The van der Waals surface area contributed by atoms with Crippen molar-refractivity contribution in [1.82, 2.24) is 9.97 Å². The van der Waals surface area contributed by atoms with Crippen LogP contribution in [0.3, 0.4) is 0 Å². The number of aromatic amines is 2. The number of aromatic nitrogens is 2. The Labute approximate surface area is 56.7 Å². The van der Waals surface area contributed by atoms with Gasteiger partial charge in [-0.05, 0) is 12.2 Å². The van der Waals surface area contributed by atoms with Crippen molar-refractivity contribution in [2.24, 2.45) is 0 Å². The molecule has 0 atom stereocenters. The molecule has 0 bridgehead atoms. The van der Waals surface area contributed by atoms with E-state index in [0.29, 0.717) is 4.77 Å². The van der Waals surface area contributed by atoms with Crippen molar-refractivity contribution < 1.29 is 0 Å². The number of nitrogens with one attached hydrogen (secondary N) is 2. The first-order valence-corrected chi connectivity index (χ1v) is 2.02. The van der Waals surface area contributed by atoms with Gasteiger partial charge < -0.3 is 9.97 Å². The summed E-state index contributed by atoms with van der Waals surface area (Å²) in [5.41, 5.74) is 0. The maximum Gasteiger partial charge on any atom is 0.174 e. The molecule has 0 spiro atoms. The lowest BCUT2D eigenvalue weighted by Crippen LogP contribution is -1.54. The fraction of sp³-hybridized carbons (Fsp3) is 0. The van der Waals surface area contributed by atoms with Crippen LogP contribution in [0.5, 0.6) is 0 Å². The molecule has 7 heavy (non-hydrogen) atoms. The predicted octanol–water partition coefficient (Wildman–Crippen LogP) is 1.65. The molecule has 0 aliphatic rings. The topological polar surface area (TPSA) is 31.6 Å². The molecule has 2 nitrogen and oxygen atoms in total. The minimum absolute atomic E-state index is 0. The van der Waals surface area contributed by atoms with Crippen molar-refractivity contribution in [2.45, 2.75) is 0 Å². The molecule has 0 aliphatic carbocycles. The van der Waals surface area contributed by atoms with Crippen LogP contribution in [0.25, 0.3) is 0 Å². The summed E-state index contributed by atoms with van der Waals surface area (Å²) in [7, 11) is 0. The molecule has 4 heteroatoms. The van der Waals surface area contributed by atoms with Crippen molar-refractivity contribution in [1.29, 1.82) is 0 Å². The van der Waals surface area contributed by atoms with Crippen LogP contribution < -0.4 is 0 Å². The third-order valence-electron chi connectivity index (χ3n) is 0.512.